The van der Waals surface area contributed by atoms with Crippen LogP contribution in [0.3, 0.4) is 0 Å². The van der Waals surface area contributed by atoms with Gasteiger partial charge < -0.3 is 15.2 Å². The molecule has 0 spiro atoms. The van der Waals surface area contributed by atoms with Gasteiger partial charge in [0.15, 0.2) is 17.2 Å². The van der Waals surface area contributed by atoms with Crippen LogP contribution in [-0.2, 0) is 6.42 Å². The number of ether oxygens (including phenoxy) is 2. The van der Waals surface area contributed by atoms with E-state index in [4.69, 9.17) is 15.2 Å². The number of hydrogen-bond acceptors (Lipinski definition) is 3. The van der Waals surface area contributed by atoms with Crippen LogP contribution in [0.25, 0.3) is 0 Å². The highest BCUT2D eigenvalue weighted by Gasteiger charge is 2.11. The Balaban J connectivity index is 2.37. The maximum absolute atomic E-state index is 13.5. The highest BCUT2D eigenvalue weighted by atomic mass is 79.9. The van der Waals surface area contributed by atoms with E-state index in [1.165, 1.54) is 12.1 Å². The molecule has 0 atom stereocenters. The van der Waals surface area contributed by atoms with Crippen molar-refractivity contribution >= 4 is 21.6 Å². The van der Waals surface area contributed by atoms with E-state index in [1.54, 1.807) is 13.2 Å². The summed E-state index contributed by atoms with van der Waals surface area (Å²) in [7, 11) is 1.56. The van der Waals surface area contributed by atoms with Crippen LogP contribution in [0.4, 0.5) is 10.1 Å². The van der Waals surface area contributed by atoms with E-state index in [2.05, 4.69) is 22.9 Å². The van der Waals surface area contributed by atoms with E-state index in [1.807, 2.05) is 12.1 Å². The summed E-state index contributed by atoms with van der Waals surface area (Å²) in [5.41, 5.74) is 7.30. The molecule has 0 aliphatic carbocycles. The van der Waals surface area contributed by atoms with Gasteiger partial charge in [0.1, 0.15) is 5.82 Å². The number of nitrogens with two attached hydrogens (primary N) is 1. The average Bonchev–Trinajstić information content (AvgIpc) is 2.45. The number of methoxy groups -OCH3 is 1. The maximum Gasteiger partial charge on any atom is 0.169 e. The molecular formula is C15H15BrFNO2. The van der Waals surface area contributed by atoms with Crippen LogP contribution in [0, 0.1) is 5.82 Å². The molecule has 106 valence electrons. The molecule has 3 nitrogen and oxygen atoms in total. The molecule has 2 rings (SSSR count). The van der Waals surface area contributed by atoms with Gasteiger partial charge in [-0.25, -0.2) is 4.39 Å². The van der Waals surface area contributed by atoms with Crippen molar-refractivity contribution in [2.75, 3.05) is 12.8 Å². The summed E-state index contributed by atoms with van der Waals surface area (Å²) in [6.45, 7) is 2.05. The fourth-order valence-corrected chi connectivity index (χ4v) is 2.13. The van der Waals surface area contributed by atoms with Crippen molar-refractivity contribution in [1.82, 2.24) is 0 Å². The normalized spacial score (nSPS) is 10.4. The van der Waals surface area contributed by atoms with Crippen molar-refractivity contribution in [3.8, 4) is 17.2 Å². The Hall–Kier alpha value is -1.75. The lowest BCUT2D eigenvalue weighted by Gasteiger charge is -2.13. The Labute approximate surface area is 125 Å². The van der Waals surface area contributed by atoms with Crippen LogP contribution in [0.5, 0.6) is 17.2 Å². The fourth-order valence-electron chi connectivity index (χ4n) is 1.77. The first-order valence-corrected chi connectivity index (χ1v) is 6.93. The number of aryl methyl sites for hydroxylation is 1. The zero-order valence-electron chi connectivity index (χ0n) is 11.2. The number of benzene rings is 2. The summed E-state index contributed by atoms with van der Waals surface area (Å²) in [4.78, 5) is 0. The second-order valence-corrected chi connectivity index (χ2v) is 5.10. The second kappa shape index (κ2) is 6.13. The summed E-state index contributed by atoms with van der Waals surface area (Å²) in [5, 5.41) is 0. The fraction of sp³-hybridized carbons (Fsp3) is 0.200. The van der Waals surface area contributed by atoms with Crippen molar-refractivity contribution < 1.29 is 13.9 Å². The molecule has 20 heavy (non-hydrogen) atoms. The molecule has 0 fully saturated rings. The van der Waals surface area contributed by atoms with E-state index < -0.39 is 5.82 Å². The summed E-state index contributed by atoms with van der Waals surface area (Å²) in [5.74, 6) is 0.914. The highest BCUT2D eigenvalue weighted by molar-refractivity contribution is 9.10. The van der Waals surface area contributed by atoms with E-state index >= 15 is 0 Å². The molecule has 0 heterocycles. The molecule has 5 heteroatoms. The maximum atomic E-state index is 13.5. The molecule has 0 bridgehead atoms. The van der Waals surface area contributed by atoms with Crippen LogP contribution in [-0.4, -0.2) is 7.11 Å². The minimum atomic E-state index is -0.432. The molecule has 0 unspecified atom stereocenters. The number of rotatable bonds is 4. The van der Waals surface area contributed by atoms with Gasteiger partial charge >= 0.3 is 0 Å². The van der Waals surface area contributed by atoms with Gasteiger partial charge in [0.25, 0.3) is 0 Å². The largest absolute Gasteiger partial charge is 0.493 e. The van der Waals surface area contributed by atoms with Gasteiger partial charge in [-0.1, -0.05) is 13.0 Å². The lowest BCUT2D eigenvalue weighted by atomic mass is 10.1. The lowest BCUT2D eigenvalue weighted by Crippen LogP contribution is -1.96. The van der Waals surface area contributed by atoms with Crippen LogP contribution >= 0.6 is 15.9 Å². The topological polar surface area (TPSA) is 44.5 Å². The Kier molecular flexibility index (Phi) is 4.49. The van der Waals surface area contributed by atoms with Crippen LogP contribution < -0.4 is 15.2 Å². The summed E-state index contributed by atoms with van der Waals surface area (Å²) in [6.07, 6.45) is 0.895. The average molecular weight is 340 g/mol. The molecule has 0 saturated heterocycles. The van der Waals surface area contributed by atoms with Crippen LogP contribution in [0.2, 0.25) is 0 Å². The van der Waals surface area contributed by atoms with Crippen molar-refractivity contribution in [3.63, 3.8) is 0 Å². The molecule has 0 saturated carbocycles. The predicted molar refractivity (Wildman–Crippen MR) is 81.0 cm³/mol. The zero-order chi connectivity index (χ0) is 14.7. The minimum Gasteiger partial charge on any atom is -0.493 e. The molecular weight excluding hydrogens is 325 g/mol. The standard InChI is InChI=1S/C15H15BrFNO2/c1-3-9-4-5-13(15(6-9)19-2)20-14-8-11(17)10(16)7-12(14)18/h4-8H,3,18H2,1-2H3. The predicted octanol–water partition coefficient (Wildman–Crippen LogP) is 4.53. The first-order chi connectivity index (χ1) is 9.55. The third kappa shape index (κ3) is 3.04. The molecule has 0 amide bonds. The van der Waals surface area contributed by atoms with Crippen molar-refractivity contribution in [1.29, 1.82) is 0 Å². The number of nitrogen functional groups attached to an aromatic ring is 1. The van der Waals surface area contributed by atoms with Gasteiger partial charge in [0, 0.05) is 6.07 Å². The van der Waals surface area contributed by atoms with Gasteiger partial charge in [0.05, 0.1) is 17.3 Å². The van der Waals surface area contributed by atoms with Gasteiger partial charge in [-0.05, 0) is 46.1 Å². The molecule has 0 aliphatic rings. The monoisotopic (exact) mass is 339 g/mol. The minimum absolute atomic E-state index is 0.258. The summed E-state index contributed by atoms with van der Waals surface area (Å²) in [6, 6.07) is 8.32. The third-order valence-electron chi connectivity index (χ3n) is 2.91. The molecule has 0 aromatic heterocycles. The first-order valence-electron chi connectivity index (χ1n) is 6.14. The van der Waals surface area contributed by atoms with Gasteiger partial charge in [-0.3, -0.25) is 0 Å². The van der Waals surface area contributed by atoms with Gasteiger partial charge in [-0.15, -0.1) is 0 Å². The lowest BCUT2D eigenvalue weighted by molar-refractivity contribution is 0.378. The van der Waals surface area contributed by atoms with Gasteiger partial charge in [-0.2, -0.15) is 0 Å². The Morgan fingerprint density at radius 3 is 2.55 bits per heavy atom. The van der Waals surface area contributed by atoms with Crippen molar-refractivity contribution in [3.05, 3.63) is 46.2 Å². The quantitative estimate of drug-likeness (QED) is 0.832. The molecule has 2 aromatic carbocycles. The molecule has 2 aromatic rings. The zero-order valence-corrected chi connectivity index (χ0v) is 12.8. The number of anilines is 1. The second-order valence-electron chi connectivity index (χ2n) is 4.24. The van der Waals surface area contributed by atoms with E-state index in [0.717, 1.165) is 12.0 Å². The third-order valence-corrected chi connectivity index (χ3v) is 3.52. The van der Waals surface area contributed by atoms with E-state index in [9.17, 15) is 4.39 Å². The van der Waals surface area contributed by atoms with Gasteiger partial charge in [0.2, 0.25) is 0 Å². The number of halogens is 2. The SMILES string of the molecule is CCc1ccc(Oc2cc(F)c(Br)cc2N)c(OC)c1. The van der Waals surface area contributed by atoms with Crippen LogP contribution in [0.1, 0.15) is 12.5 Å². The summed E-state index contributed by atoms with van der Waals surface area (Å²) >= 11 is 3.08. The Morgan fingerprint density at radius 1 is 1.15 bits per heavy atom. The van der Waals surface area contributed by atoms with Crippen molar-refractivity contribution in [2.45, 2.75) is 13.3 Å². The smallest absolute Gasteiger partial charge is 0.169 e. The molecule has 2 N–H and O–H groups in total. The molecule has 0 aliphatic heterocycles. The summed E-state index contributed by atoms with van der Waals surface area (Å²) < 4.78 is 24.8. The number of hydrogen-bond donors (Lipinski definition) is 1. The molecule has 0 radical (unpaired) electrons. The highest BCUT2D eigenvalue weighted by Crippen LogP contribution is 2.36. The van der Waals surface area contributed by atoms with Crippen LogP contribution in [0.15, 0.2) is 34.8 Å². The van der Waals surface area contributed by atoms with Crippen molar-refractivity contribution in [2.24, 2.45) is 0 Å². The first kappa shape index (κ1) is 14.7. The Morgan fingerprint density at radius 2 is 1.90 bits per heavy atom. The van der Waals surface area contributed by atoms with E-state index in [0.29, 0.717) is 21.7 Å². The Bertz CT molecular complexity index is 632. The van der Waals surface area contributed by atoms with E-state index in [-0.39, 0.29) is 5.75 Å².